The highest BCUT2D eigenvalue weighted by Gasteiger charge is 2.39. The van der Waals surface area contributed by atoms with Gasteiger partial charge < -0.3 is 10.1 Å². The fourth-order valence-corrected chi connectivity index (χ4v) is 4.06. The van der Waals surface area contributed by atoms with E-state index < -0.39 is 11.4 Å². The number of carbonyl (C=O) groups excluding carboxylic acids is 2. The molecule has 0 bridgehead atoms. The minimum atomic E-state index is -0.826. The van der Waals surface area contributed by atoms with E-state index >= 15 is 0 Å². The van der Waals surface area contributed by atoms with Crippen molar-refractivity contribution >= 4 is 33.9 Å². The number of nitrogens with one attached hydrogen (secondary N) is 1. The lowest BCUT2D eigenvalue weighted by Gasteiger charge is -2.34. The van der Waals surface area contributed by atoms with E-state index in [2.05, 4.69) is 23.5 Å². The van der Waals surface area contributed by atoms with Crippen molar-refractivity contribution in [3.05, 3.63) is 90.0 Å². The maximum atomic E-state index is 13.4. The van der Waals surface area contributed by atoms with Crippen molar-refractivity contribution in [3.63, 3.8) is 0 Å². The molecule has 0 saturated carbocycles. The number of hydrogen-bond acceptors (Lipinski definition) is 5. The second kappa shape index (κ2) is 11.4. The molecular formula is C26H30N2O3S. The summed E-state index contributed by atoms with van der Waals surface area (Å²) in [5, 5.41) is 4.98. The summed E-state index contributed by atoms with van der Waals surface area (Å²) in [7, 11) is 0. The van der Waals surface area contributed by atoms with Crippen LogP contribution >= 0.6 is 11.3 Å². The van der Waals surface area contributed by atoms with Gasteiger partial charge in [-0.1, -0.05) is 81.6 Å². The topological polar surface area (TPSA) is 68.3 Å². The first-order valence-corrected chi connectivity index (χ1v) is 11.3. The van der Waals surface area contributed by atoms with Crippen LogP contribution in [0.1, 0.15) is 44.9 Å². The van der Waals surface area contributed by atoms with Crippen LogP contribution in [0.2, 0.25) is 0 Å². The zero-order chi connectivity index (χ0) is 23.7. The number of esters is 1. The van der Waals surface area contributed by atoms with Crippen LogP contribution in [-0.4, -0.2) is 23.5 Å². The summed E-state index contributed by atoms with van der Waals surface area (Å²) in [6.45, 7) is 15.5. The molecule has 6 heteroatoms. The van der Waals surface area contributed by atoms with Gasteiger partial charge in [0.25, 0.3) is 0 Å². The number of allylic oxidation sites excluding steroid dienone is 5. The third-order valence-corrected chi connectivity index (χ3v) is 5.80. The van der Waals surface area contributed by atoms with Crippen LogP contribution in [0.4, 0.5) is 5.13 Å². The van der Waals surface area contributed by atoms with E-state index in [0.717, 1.165) is 11.1 Å². The second-order valence-corrected chi connectivity index (χ2v) is 8.51. The fraction of sp³-hybridized carbons (Fsp3) is 0.269. The van der Waals surface area contributed by atoms with Crippen LogP contribution in [-0.2, 0) is 14.3 Å². The molecule has 1 aromatic carbocycles. The lowest BCUT2D eigenvalue weighted by Crippen LogP contribution is -2.37. The Kier molecular flexibility index (Phi) is 8.91. The Morgan fingerprint density at radius 3 is 2.56 bits per heavy atom. The van der Waals surface area contributed by atoms with Crippen LogP contribution in [0.5, 0.6) is 0 Å². The molecule has 0 spiro atoms. The highest BCUT2D eigenvalue weighted by atomic mass is 32.1. The van der Waals surface area contributed by atoms with Gasteiger partial charge in [0, 0.05) is 11.3 Å². The molecule has 0 radical (unpaired) electrons. The number of aromatic nitrogens is 1. The van der Waals surface area contributed by atoms with Gasteiger partial charge in [-0.05, 0) is 25.0 Å². The Hall–Kier alpha value is -3.25. The second-order valence-electron chi connectivity index (χ2n) is 7.65. The van der Waals surface area contributed by atoms with Crippen LogP contribution in [0.25, 0.3) is 5.57 Å². The average molecular weight is 451 g/mol. The van der Waals surface area contributed by atoms with Crippen molar-refractivity contribution in [3.8, 4) is 0 Å². The SMILES string of the molecule is C=C/C(=C\C=C/C)C(c1ccccc1)C(C)(C)C(=O)Nc1nc(C(=C)C(=O)OCC)cs1. The molecular weight excluding hydrogens is 420 g/mol. The Labute approximate surface area is 194 Å². The first kappa shape index (κ1) is 25.0. The Bertz CT molecular complexity index is 1030. The first-order valence-electron chi connectivity index (χ1n) is 10.4. The smallest absolute Gasteiger partial charge is 0.339 e. The summed E-state index contributed by atoms with van der Waals surface area (Å²) in [5.74, 6) is -0.946. The summed E-state index contributed by atoms with van der Waals surface area (Å²) in [5.41, 5.74) is 1.67. The van der Waals surface area contributed by atoms with Gasteiger partial charge in [0.05, 0.1) is 23.3 Å². The molecule has 168 valence electrons. The average Bonchev–Trinajstić information content (AvgIpc) is 3.24. The third-order valence-electron chi connectivity index (χ3n) is 5.05. The number of nitrogens with zero attached hydrogens (tertiary/aromatic N) is 1. The van der Waals surface area contributed by atoms with Gasteiger partial charge >= 0.3 is 5.97 Å². The van der Waals surface area contributed by atoms with E-state index in [0.29, 0.717) is 10.8 Å². The summed E-state index contributed by atoms with van der Waals surface area (Å²) in [4.78, 5) is 29.7. The monoisotopic (exact) mass is 450 g/mol. The molecule has 2 aromatic rings. The van der Waals surface area contributed by atoms with Gasteiger partial charge in [0.1, 0.15) is 0 Å². The maximum absolute atomic E-state index is 13.4. The van der Waals surface area contributed by atoms with E-state index in [9.17, 15) is 9.59 Å². The quantitative estimate of drug-likeness (QED) is 0.267. The van der Waals surface area contributed by atoms with Crippen molar-refractivity contribution in [1.29, 1.82) is 0 Å². The molecule has 0 aliphatic rings. The number of hydrogen-bond donors (Lipinski definition) is 1. The molecule has 1 N–H and O–H groups in total. The van der Waals surface area contributed by atoms with Crippen LogP contribution in [0.3, 0.4) is 0 Å². The third kappa shape index (κ3) is 5.92. The van der Waals surface area contributed by atoms with Crippen LogP contribution < -0.4 is 5.32 Å². The van der Waals surface area contributed by atoms with Gasteiger partial charge in [-0.25, -0.2) is 9.78 Å². The van der Waals surface area contributed by atoms with Gasteiger partial charge in [-0.2, -0.15) is 0 Å². The first-order chi connectivity index (χ1) is 15.3. The van der Waals surface area contributed by atoms with E-state index in [1.165, 1.54) is 11.3 Å². The zero-order valence-electron chi connectivity index (χ0n) is 19.1. The fourth-order valence-electron chi connectivity index (χ4n) is 3.34. The normalized spacial score (nSPS) is 12.9. The number of thiazole rings is 1. The molecule has 1 heterocycles. The molecule has 0 saturated heterocycles. The predicted molar refractivity (Wildman–Crippen MR) is 132 cm³/mol. The van der Waals surface area contributed by atoms with Crippen molar-refractivity contribution in [2.24, 2.45) is 5.41 Å². The van der Waals surface area contributed by atoms with E-state index in [1.54, 1.807) is 18.4 Å². The van der Waals surface area contributed by atoms with E-state index in [1.807, 2.05) is 69.3 Å². The molecule has 0 fully saturated rings. The van der Waals surface area contributed by atoms with Gasteiger partial charge in [-0.3, -0.25) is 4.79 Å². The van der Waals surface area contributed by atoms with Crippen molar-refractivity contribution in [2.45, 2.75) is 33.6 Å². The van der Waals surface area contributed by atoms with E-state index in [4.69, 9.17) is 4.74 Å². The van der Waals surface area contributed by atoms with Crippen molar-refractivity contribution in [2.75, 3.05) is 11.9 Å². The molecule has 0 aliphatic carbocycles. The Balaban J connectivity index is 2.34. The number of anilines is 1. The van der Waals surface area contributed by atoms with E-state index in [-0.39, 0.29) is 24.0 Å². The standard InChI is InChI=1S/C26H30N2O3S/c1-7-10-14-19(8-2)22(20-15-12-11-13-16-20)26(5,6)24(30)28-25-27-21(17-32-25)18(4)23(29)31-9-3/h7-8,10-17,22H,2,4,9H2,1,3,5-6H3,(H,27,28,30)/b10-7-,19-14+. The largest absolute Gasteiger partial charge is 0.462 e. The molecule has 1 aromatic heterocycles. The number of amides is 1. The number of carbonyl (C=O) groups is 2. The molecule has 2 rings (SSSR count). The summed E-state index contributed by atoms with van der Waals surface area (Å²) in [6.07, 6.45) is 7.64. The Morgan fingerprint density at radius 1 is 1.28 bits per heavy atom. The minimum absolute atomic E-state index is 0.160. The number of benzene rings is 1. The van der Waals surface area contributed by atoms with Gasteiger partial charge in [0.2, 0.25) is 5.91 Å². The lowest BCUT2D eigenvalue weighted by atomic mass is 9.70. The summed E-state index contributed by atoms with van der Waals surface area (Å²) in [6, 6.07) is 9.89. The molecule has 0 aliphatic heterocycles. The van der Waals surface area contributed by atoms with Gasteiger partial charge in [-0.15, -0.1) is 11.3 Å². The number of ether oxygens (including phenoxy) is 1. The van der Waals surface area contributed by atoms with Gasteiger partial charge in [0.15, 0.2) is 5.13 Å². The van der Waals surface area contributed by atoms with Crippen LogP contribution in [0, 0.1) is 5.41 Å². The maximum Gasteiger partial charge on any atom is 0.339 e. The molecule has 1 atom stereocenters. The summed E-state index contributed by atoms with van der Waals surface area (Å²) < 4.78 is 4.97. The predicted octanol–water partition coefficient (Wildman–Crippen LogP) is 6.16. The Morgan fingerprint density at radius 2 is 1.97 bits per heavy atom. The molecule has 1 unspecified atom stereocenters. The van der Waals surface area contributed by atoms with Crippen LogP contribution in [0.15, 0.2) is 78.7 Å². The zero-order valence-corrected chi connectivity index (χ0v) is 19.9. The highest BCUT2D eigenvalue weighted by molar-refractivity contribution is 7.14. The molecule has 5 nitrogen and oxygen atoms in total. The highest BCUT2D eigenvalue weighted by Crippen LogP contribution is 2.42. The molecule has 1 amide bonds. The van der Waals surface area contributed by atoms with Crippen molar-refractivity contribution < 1.29 is 14.3 Å². The molecule has 32 heavy (non-hydrogen) atoms. The minimum Gasteiger partial charge on any atom is -0.462 e. The lowest BCUT2D eigenvalue weighted by molar-refractivity contribution is -0.136. The summed E-state index contributed by atoms with van der Waals surface area (Å²) >= 11 is 1.24. The van der Waals surface area contributed by atoms with Crippen molar-refractivity contribution in [1.82, 2.24) is 4.98 Å². The number of rotatable bonds is 10.